The van der Waals surface area contributed by atoms with Crippen molar-refractivity contribution in [2.24, 2.45) is 0 Å². The number of benzene rings is 1. The molecule has 0 aliphatic carbocycles. The first-order valence-corrected chi connectivity index (χ1v) is 5.13. The second kappa shape index (κ2) is 5.05. The predicted octanol–water partition coefficient (Wildman–Crippen LogP) is 2.61. The molecule has 1 aromatic carbocycles. The lowest BCUT2D eigenvalue weighted by Gasteiger charge is -2.12. The first-order valence-electron chi connectivity index (χ1n) is 5.13. The van der Waals surface area contributed by atoms with Gasteiger partial charge in [0.2, 0.25) is 5.78 Å². The Bertz CT molecular complexity index is 585. The number of halogens is 3. The number of hydrogen-bond acceptors (Lipinski definition) is 4. The highest BCUT2D eigenvalue weighted by Crippen LogP contribution is 2.27. The summed E-state index contributed by atoms with van der Waals surface area (Å²) in [5.41, 5.74) is -0.216. The van der Waals surface area contributed by atoms with E-state index in [1.807, 2.05) is 0 Å². The molecule has 0 bridgehead atoms. The third kappa shape index (κ3) is 3.27. The fraction of sp³-hybridized carbons (Fsp3) is 0.0833. The maximum absolute atomic E-state index is 12.2. The van der Waals surface area contributed by atoms with Gasteiger partial charge in [0.25, 0.3) is 0 Å². The van der Waals surface area contributed by atoms with Crippen LogP contribution in [0.25, 0.3) is 0 Å². The fourth-order valence-electron chi connectivity index (χ4n) is 1.43. The third-order valence-electron chi connectivity index (χ3n) is 2.17. The van der Waals surface area contributed by atoms with Gasteiger partial charge < -0.3 is 4.74 Å². The minimum Gasteiger partial charge on any atom is -0.405 e. The number of aromatic nitrogens is 2. The minimum atomic E-state index is -4.86. The van der Waals surface area contributed by atoms with Gasteiger partial charge in [-0.05, 0) is 18.2 Å². The van der Waals surface area contributed by atoms with Crippen molar-refractivity contribution in [2.75, 3.05) is 0 Å². The van der Waals surface area contributed by atoms with Crippen molar-refractivity contribution in [1.82, 2.24) is 9.97 Å². The zero-order valence-corrected chi connectivity index (χ0v) is 9.39. The van der Waals surface area contributed by atoms with Crippen LogP contribution in [0.2, 0.25) is 0 Å². The first kappa shape index (κ1) is 13.0. The van der Waals surface area contributed by atoms with Crippen molar-refractivity contribution in [3.63, 3.8) is 0 Å². The Morgan fingerprint density at radius 1 is 1.16 bits per heavy atom. The Kier molecular flexibility index (Phi) is 3.46. The third-order valence-corrected chi connectivity index (χ3v) is 2.17. The van der Waals surface area contributed by atoms with Crippen LogP contribution in [0.15, 0.2) is 42.9 Å². The Morgan fingerprint density at radius 3 is 2.53 bits per heavy atom. The van der Waals surface area contributed by atoms with E-state index in [1.165, 1.54) is 30.5 Å². The number of hydrogen-bond donors (Lipinski definition) is 0. The summed E-state index contributed by atoms with van der Waals surface area (Å²) in [4.78, 5) is 19.3. The van der Waals surface area contributed by atoms with Crippen LogP contribution >= 0.6 is 0 Å². The molecular weight excluding hydrogens is 261 g/mol. The van der Waals surface area contributed by atoms with Gasteiger partial charge in [0.05, 0.1) is 5.56 Å². The Labute approximate surface area is 105 Å². The molecule has 98 valence electrons. The molecule has 1 heterocycles. The number of carbonyl (C=O) groups excluding carboxylic acids is 1. The second-order valence-electron chi connectivity index (χ2n) is 3.47. The maximum atomic E-state index is 12.2. The van der Waals surface area contributed by atoms with Gasteiger partial charge >= 0.3 is 6.36 Å². The first-order chi connectivity index (χ1) is 8.97. The average Bonchev–Trinajstić information content (AvgIpc) is 2.38. The van der Waals surface area contributed by atoms with Gasteiger partial charge in [0.15, 0.2) is 0 Å². The minimum absolute atomic E-state index is 0.00627. The molecule has 0 radical (unpaired) electrons. The van der Waals surface area contributed by atoms with Gasteiger partial charge in [-0.1, -0.05) is 12.1 Å². The number of nitrogens with zero attached hydrogens (tertiary/aromatic N) is 2. The van der Waals surface area contributed by atoms with Gasteiger partial charge in [-0.15, -0.1) is 13.2 Å². The SMILES string of the molecule is O=C(c1ccncn1)c1ccccc1OC(F)(F)F. The lowest BCUT2D eigenvalue weighted by Crippen LogP contribution is -2.19. The molecule has 19 heavy (non-hydrogen) atoms. The molecule has 0 aliphatic rings. The molecule has 7 heteroatoms. The molecule has 0 fully saturated rings. The zero-order chi connectivity index (χ0) is 13.9. The van der Waals surface area contributed by atoms with E-state index in [9.17, 15) is 18.0 Å². The van der Waals surface area contributed by atoms with Crippen LogP contribution in [-0.2, 0) is 0 Å². The molecule has 0 unspecified atom stereocenters. The molecule has 0 atom stereocenters. The average molecular weight is 268 g/mol. The monoisotopic (exact) mass is 268 g/mol. The van der Waals surface area contributed by atoms with Crippen molar-refractivity contribution in [3.8, 4) is 5.75 Å². The molecule has 0 amide bonds. The van der Waals surface area contributed by atoms with Crippen LogP contribution < -0.4 is 4.74 Å². The van der Waals surface area contributed by atoms with Gasteiger partial charge in [0, 0.05) is 6.20 Å². The van der Waals surface area contributed by atoms with Crippen LogP contribution in [0, 0.1) is 0 Å². The highest BCUT2D eigenvalue weighted by Gasteiger charge is 2.33. The molecule has 2 rings (SSSR count). The van der Waals surface area contributed by atoms with Crippen LogP contribution in [-0.4, -0.2) is 22.1 Å². The van der Waals surface area contributed by atoms with Gasteiger partial charge in [0.1, 0.15) is 17.8 Å². The second-order valence-corrected chi connectivity index (χ2v) is 3.47. The number of rotatable bonds is 3. The largest absolute Gasteiger partial charge is 0.573 e. The smallest absolute Gasteiger partial charge is 0.405 e. The molecule has 0 saturated carbocycles. The summed E-state index contributed by atoms with van der Waals surface area (Å²) in [6.07, 6.45) is -2.39. The van der Waals surface area contributed by atoms with Crippen LogP contribution in [0.3, 0.4) is 0 Å². The van der Waals surface area contributed by atoms with E-state index < -0.39 is 17.9 Å². The van der Waals surface area contributed by atoms with Crippen LogP contribution in [0.5, 0.6) is 5.75 Å². The maximum Gasteiger partial charge on any atom is 0.573 e. The molecule has 0 N–H and O–H groups in total. The molecule has 2 aromatic rings. The Hall–Kier alpha value is -2.44. The number of para-hydroxylation sites is 1. The summed E-state index contributed by atoms with van der Waals surface area (Å²) in [5, 5.41) is 0. The summed E-state index contributed by atoms with van der Waals surface area (Å²) < 4.78 is 40.5. The number of ketones is 1. The van der Waals surface area contributed by atoms with E-state index in [0.29, 0.717) is 0 Å². The van der Waals surface area contributed by atoms with E-state index in [-0.39, 0.29) is 11.3 Å². The predicted molar refractivity (Wildman–Crippen MR) is 58.6 cm³/mol. The van der Waals surface area contributed by atoms with E-state index >= 15 is 0 Å². The normalized spacial score (nSPS) is 11.1. The molecule has 0 spiro atoms. The topological polar surface area (TPSA) is 52.1 Å². The van der Waals surface area contributed by atoms with Gasteiger partial charge in [-0.25, -0.2) is 9.97 Å². The molecular formula is C12H7F3N2O2. The van der Waals surface area contributed by atoms with Gasteiger partial charge in [-0.3, -0.25) is 4.79 Å². The quantitative estimate of drug-likeness (QED) is 0.803. The van der Waals surface area contributed by atoms with Crippen molar-refractivity contribution < 1.29 is 22.7 Å². The van der Waals surface area contributed by atoms with Crippen molar-refractivity contribution in [2.45, 2.75) is 6.36 Å². The lowest BCUT2D eigenvalue weighted by atomic mass is 10.1. The van der Waals surface area contributed by atoms with Crippen LogP contribution in [0.4, 0.5) is 13.2 Å². The highest BCUT2D eigenvalue weighted by molar-refractivity contribution is 6.09. The van der Waals surface area contributed by atoms with Crippen molar-refractivity contribution in [1.29, 1.82) is 0 Å². The Morgan fingerprint density at radius 2 is 1.89 bits per heavy atom. The molecule has 0 aliphatic heterocycles. The standard InChI is InChI=1S/C12H7F3N2O2/c13-12(14,15)19-10-4-2-1-3-8(10)11(18)9-5-6-16-7-17-9/h1-7H. The molecule has 0 saturated heterocycles. The lowest BCUT2D eigenvalue weighted by molar-refractivity contribution is -0.274. The van der Waals surface area contributed by atoms with E-state index in [1.54, 1.807) is 0 Å². The Balaban J connectivity index is 2.38. The van der Waals surface area contributed by atoms with E-state index in [0.717, 1.165) is 12.4 Å². The van der Waals surface area contributed by atoms with Crippen molar-refractivity contribution >= 4 is 5.78 Å². The zero-order valence-electron chi connectivity index (χ0n) is 9.39. The van der Waals surface area contributed by atoms with Crippen molar-refractivity contribution in [3.05, 3.63) is 54.1 Å². The number of carbonyl (C=O) groups is 1. The van der Waals surface area contributed by atoms with E-state index in [4.69, 9.17) is 0 Å². The van der Waals surface area contributed by atoms with Gasteiger partial charge in [-0.2, -0.15) is 0 Å². The van der Waals surface area contributed by atoms with E-state index in [2.05, 4.69) is 14.7 Å². The number of ether oxygens (including phenoxy) is 1. The fourth-order valence-corrected chi connectivity index (χ4v) is 1.43. The summed E-state index contributed by atoms with van der Waals surface area (Å²) in [6.45, 7) is 0. The highest BCUT2D eigenvalue weighted by atomic mass is 19.4. The molecule has 1 aromatic heterocycles. The summed E-state index contributed by atoms with van der Waals surface area (Å²) in [6, 6.07) is 6.41. The summed E-state index contributed by atoms with van der Waals surface area (Å²) in [5.74, 6) is -1.22. The summed E-state index contributed by atoms with van der Waals surface area (Å²) >= 11 is 0. The molecule has 4 nitrogen and oxygen atoms in total. The number of alkyl halides is 3. The summed E-state index contributed by atoms with van der Waals surface area (Å²) in [7, 11) is 0. The van der Waals surface area contributed by atoms with Crippen LogP contribution in [0.1, 0.15) is 16.1 Å².